The summed E-state index contributed by atoms with van der Waals surface area (Å²) in [6.45, 7) is 1.80. The molecule has 3 aromatic heterocycles. The Morgan fingerprint density at radius 1 is 1.38 bits per heavy atom. The van der Waals surface area contributed by atoms with E-state index in [0.29, 0.717) is 16.7 Å². The minimum atomic E-state index is -1.19. The summed E-state index contributed by atoms with van der Waals surface area (Å²) < 4.78 is 6.77. The predicted octanol–water partition coefficient (Wildman–Crippen LogP) is 0.966. The summed E-state index contributed by atoms with van der Waals surface area (Å²) in [5.74, 6) is -0.298. The molecule has 0 N–H and O–H groups in total. The van der Waals surface area contributed by atoms with Crippen LogP contribution in [-0.4, -0.2) is 37.8 Å². The van der Waals surface area contributed by atoms with E-state index < -0.39 is 5.97 Å². The first-order valence-electron chi connectivity index (χ1n) is 6.92. The van der Waals surface area contributed by atoms with Crippen LogP contribution in [0.3, 0.4) is 0 Å². The highest BCUT2D eigenvalue weighted by Gasteiger charge is 2.17. The van der Waals surface area contributed by atoms with Crippen molar-refractivity contribution in [1.82, 2.24) is 19.9 Å². The first kappa shape index (κ1) is 15.9. The molecule has 0 atom stereocenters. The Morgan fingerprint density at radius 2 is 2.17 bits per heavy atom. The number of aliphatic carboxylic acids is 1. The Hall–Kier alpha value is -2.94. The fourth-order valence-corrected chi connectivity index (χ4v) is 2.54. The third kappa shape index (κ3) is 3.51. The number of pyridine rings is 1. The monoisotopic (exact) mass is 342 g/mol. The van der Waals surface area contributed by atoms with Crippen LogP contribution in [0.4, 0.5) is 0 Å². The van der Waals surface area contributed by atoms with E-state index >= 15 is 0 Å². The Kier molecular flexibility index (Phi) is 4.71. The number of carbonyl (C=O) groups excluding carboxylic acids is 1. The topological polar surface area (TPSA) is 109 Å². The smallest absolute Gasteiger partial charge is 0.212 e. The van der Waals surface area contributed by atoms with E-state index in [9.17, 15) is 9.90 Å². The molecule has 9 heteroatoms. The molecular formula is C15H12N5O3S-. The highest BCUT2D eigenvalue weighted by atomic mass is 32.2. The van der Waals surface area contributed by atoms with Gasteiger partial charge in [0.2, 0.25) is 5.16 Å². The second kappa shape index (κ2) is 7.09. The highest BCUT2D eigenvalue weighted by Crippen LogP contribution is 2.26. The third-order valence-corrected chi connectivity index (χ3v) is 3.95. The van der Waals surface area contributed by atoms with Crippen LogP contribution >= 0.6 is 11.8 Å². The number of aromatic nitrogens is 4. The van der Waals surface area contributed by atoms with E-state index in [0.717, 1.165) is 22.9 Å². The van der Waals surface area contributed by atoms with Crippen molar-refractivity contribution in [3.63, 3.8) is 0 Å². The molecule has 0 amide bonds. The summed E-state index contributed by atoms with van der Waals surface area (Å²) >= 11 is 0.985. The number of nitrogens with zero attached hydrogens (tertiary/aromatic N) is 5. The number of aryl methyl sites for hydroxylation is 1. The molecule has 0 aliphatic heterocycles. The standard InChI is InChI=1S/C15H13N5O3S/c1-10-12(4-7-23-10)14-18-19-15(24-9-13(21)22)20(14)17-8-11-2-5-16-6-3-11/h2-8H,9H2,1H3,(H,21,22)/p-1/b17-8-. The van der Waals surface area contributed by atoms with Gasteiger partial charge in [0.1, 0.15) is 5.76 Å². The van der Waals surface area contributed by atoms with Gasteiger partial charge in [0, 0.05) is 18.1 Å². The zero-order valence-electron chi connectivity index (χ0n) is 12.6. The van der Waals surface area contributed by atoms with Crippen LogP contribution in [0.15, 0.2) is 51.5 Å². The van der Waals surface area contributed by atoms with Gasteiger partial charge in [-0.25, -0.2) is 0 Å². The average molecular weight is 342 g/mol. The maximum absolute atomic E-state index is 10.7. The second-order valence-corrected chi connectivity index (χ2v) is 5.64. The highest BCUT2D eigenvalue weighted by molar-refractivity contribution is 7.99. The lowest BCUT2D eigenvalue weighted by molar-refractivity contribution is -0.301. The van der Waals surface area contributed by atoms with E-state index in [4.69, 9.17) is 4.42 Å². The summed E-state index contributed by atoms with van der Waals surface area (Å²) in [5, 5.41) is 23.5. The largest absolute Gasteiger partial charge is 0.549 e. The van der Waals surface area contributed by atoms with Crippen molar-refractivity contribution in [3.8, 4) is 11.4 Å². The zero-order chi connectivity index (χ0) is 16.9. The lowest BCUT2D eigenvalue weighted by atomic mass is 10.2. The van der Waals surface area contributed by atoms with E-state index in [1.165, 1.54) is 4.68 Å². The van der Waals surface area contributed by atoms with Crippen LogP contribution in [0.5, 0.6) is 0 Å². The average Bonchev–Trinajstić information content (AvgIpc) is 3.17. The van der Waals surface area contributed by atoms with E-state index in [1.54, 1.807) is 50.0 Å². The van der Waals surface area contributed by atoms with Crippen LogP contribution in [0.2, 0.25) is 0 Å². The van der Waals surface area contributed by atoms with Gasteiger partial charge in [0.25, 0.3) is 0 Å². The number of carbonyl (C=O) groups is 1. The minimum Gasteiger partial charge on any atom is -0.549 e. The molecule has 3 rings (SSSR count). The van der Waals surface area contributed by atoms with Crippen molar-refractivity contribution in [3.05, 3.63) is 48.2 Å². The van der Waals surface area contributed by atoms with Gasteiger partial charge in [-0.2, -0.15) is 9.78 Å². The van der Waals surface area contributed by atoms with Gasteiger partial charge in [-0.3, -0.25) is 4.98 Å². The van der Waals surface area contributed by atoms with Gasteiger partial charge in [-0.05, 0) is 30.7 Å². The lowest BCUT2D eigenvalue weighted by Gasteiger charge is -2.04. The number of hydrogen-bond donors (Lipinski definition) is 0. The molecule has 0 aliphatic rings. The predicted molar refractivity (Wildman–Crippen MR) is 85.4 cm³/mol. The molecule has 24 heavy (non-hydrogen) atoms. The van der Waals surface area contributed by atoms with Crippen molar-refractivity contribution in [2.24, 2.45) is 5.10 Å². The van der Waals surface area contributed by atoms with Gasteiger partial charge in [0.15, 0.2) is 5.82 Å². The van der Waals surface area contributed by atoms with Crippen LogP contribution in [-0.2, 0) is 4.79 Å². The second-order valence-electron chi connectivity index (χ2n) is 4.69. The van der Waals surface area contributed by atoms with Gasteiger partial charge in [-0.1, -0.05) is 11.8 Å². The Bertz CT molecular complexity index is 872. The Morgan fingerprint density at radius 3 is 2.83 bits per heavy atom. The van der Waals surface area contributed by atoms with Crippen LogP contribution in [0.25, 0.3) is 11.4 Å². The van der Waals surface area contributed by atoms with E-state index in [2.05, 4.69) is 20.3 Å². The minimum absolute atomic E-state index is 0.243. The lowest BCUT2D eigenvalue weighted by Crippen LogP contribution is -2.24. The molecule has 0 unspecified atom stereocenters. The first-order valence-corrected chi connectivity index (χ1v) is 7.90. The number of furan rings is 1. The summed E-state index contributed by atoms with van der Waals surface area (Å²) in [6.07, 6.45) is 6.47. The van der Waals surface area contributed by atoms with Crippen LogP contribution in [0.1, 0.15) is 11.3 Å². The van der Waals surface area contributed by atoms with Crippen molar-refractivity contribution in [2.75, 3.05) is 5.75 Å². The molecule has 8 nitrogen and oxygen atoms in total. The number of carboxylic acid groups (broad SMARTS) is 1. The molecule has 3 heterocycles. The molecular weight excluding hydrogens is 330 g/mol. The summed E-state index contributed by atoms with van der Waals surface area (Å²) in [4.78, 5) is 14.6. The van der Waals surface area contributed by atoms with Crippen LogP contribution in [0, 0.1) is 6.92 Å². The SMILES string of the molecule is Cc1occc1-c1nnc(SCC(=O)[O-])n1/N=C\c1ccncc1. The molecule has 0 saturated carbocycles. The molecule has 0 bridgehead atoms. The molecule has 0 radical (unpaired) electrons. The van der Waals surface area contributed by atoms with Crippen LogP contribution < -0.4 is 5.11 Å². The Balaban J connectivity index is 1.99. The first-order chi connectivity index (χ1) is 11.6. The summed E-state index contributed by atoms with van der Waals surface area (Å²) in [6, 6.07) is 5.35. The molecule has 122 valence electrons. The van der Waals surface area contributed by atoms with Gasteiger partial charge >= 0.3 is 0 Å². The number of thioether (sulfide) groups is 1. The Labute approximate surface area is 141 Å². The van der Waals surface area contributed by atoms with Crippen molar-refractivity contribution < 1.29 is 14.3 Å². The zero-order valence-corrected chi connectivity index (χ0v) is 13.4. The maximum Gasteiger partial charge on any atom is 0.212 e. The number of carboxylic acids is 1. The van der Waals surface area contributed by atoms with E-state index in [-0.39, 0.29) is 5.75 Å². The normalized spacial score (nSPS) is 11.2. The van der Waals surface area contributed by atoms with Crippen molar-refractivity contribution in [1.29, 1.82) is 0 Å². The fraction of sp³-hybridized carbons (Fsp3) is 0.133. The van der Waals surface area contributed by atoms with Gasteiger partial charge in [-0.15, -0.1) is 10.2 Å². The number of hydrogen-bond acceptors (Lipinski definition) is 8. The third-order valence-electron chi connectivity index (χ3n) is 3.06. The van der Waals surface area contributed by atoms with Gasteiger partial charge in [0.05, 0.1) is 24.0 Å². The molecule has 0 fully saturated rings. The summed E-state index contributed by atoms with van der Waals surface area (Å²) in [5.41, 5.74) is 1.57. The molecule has 0 aliphatic carbocycles. The quantitative estimate of drug-likeness (QED) is 0.485. The fourth-order valence-electron chi connectivity index (χ4n) is 1.94. The maximum atomic E-state index is 10.7. The summed E-state index contributed by atoms with van der Waals surface area (Å²) in [7, 11) is 0. The van der Waals surface area contributed by atoms with Crippen molar-refractivity contribution in [2.45, 2.75) is 12.1 Å². The molecule has 3 aromatic rings. The number of rotatable bonds is 6. The molecule has 0 aromatic carbocycles. The molecule has 0 saturated heterocycles. The molecule has 0 spiro atoms. The van der Waals surface area contributed by atoms with Gasteiger partial charge < -0.3 is 14.3 Å². The van der Waals surface area contributed by atoms with Crippen molar-refractivity contribution >= 4 is 23.9 Å². The van der Waals surface area contributed by atoms with E-state index in [1.807, 2.05) is 0 Å².